The average molecular weight is 297 g/mol. The Kier molecular flexibility index (Phi) is 4.44. The molecule has 0 N–H and O–H groups in total. The molecule has 0 fully saturated rings. The van der Waals surface area contributed by atoms with E-state index < -0.39 is 17.6 Å². The first-order chi connectivity index (χ1) is 9.51. The third-order valence-electron chi connectivity index (χ3n) is 2.64. The van der Waals surface area contributed by atoms with Gasteiger partial charge in [-0.3, -0.25) is 0 Å². The smallest absolute Gasteiger partial charge is 0.350 e. The van der Waals surface area contributed by atoms with Gasteiger partial charge in [-0.15, -0.1) is 11.3 Å². The zero-order valence-corrected chi connectivity index (χ0v) is 11.9. The highest BCUT2D eigenvalue weighted by Crippen LogP contribution is 2.22. The fraction of sp³-hybridized carbons (Fsp3) is 0.286. The minimum atomic E-state index is -0.888. The van der Waals surface area contributed by atoms with Gasteiger partial charge in [-0.05, 0) is 31.5 Å². The molecule has 6 heteroatoms. The molecule has 1 aromatic carbocycles. The van der Waals surface area contributed by atoms with Crippen molar-refractivity contribution in [2.24, 2.45) is 0 Å². The molecule has 106 valence electrons. The van der Waals surface area contributed by atoms with E-state index in [-0.39, 0.29) is 0 Å². The lowest BCUT2D eigenvalue weighted by molar-refractivity contribution is 0.0531. The summed E-state index contributed by atoms with van der Waals surface area (Å²) in [6, 6.07) is 3.71. The van der Waals surface area contributed by atoms with E-state index in [2.05, 4.69) is 4.98 Å². The van der Waals surface area contributed by atoms with Gasteiger partial charge in [0.1, 0.15) is 4.88 Å². The first-order valence-electron chi connectivity index (χ1n) is 6.08. The predicted molar refractivity (Wildman–Crippen MR) is 72.0 cm³/mol. The molecule has 0 aliphatic heterocycles. The maximum absolute atomic E-state index is 13.1. The van der Waals surface area contributed by atoms with Gasteiger partial charge in [0, 0.05) is 6.42 Å². The van der Waals surface area contributed by atoms with Crippen LogP contribution in [0.5, 0.6) is 0 Å². The normalized spacial score (nSPS) is 10.6. The number of nitrogens with zero attached hydrogens (tertiary/aromatic N) is 1. The SMILES string of the molecule is CCOC(=O)c1sc(Cc2ccc(F)c(F)c2)nc1C. The Morgan fingerprint density at radius 1 is 1.35 bits per heavy atom. The number of hydrogen-bond acceptors (Lipinski definition) is 4. The lowest BCUT2D eigenvalue weighted by Crippen LogP contribution is -2.03. The van der Waals surface area contributed by atoms with Crippen LogP contribution in [0, 0.1) is 18.6 Å². The molecule has 0 saturated heterocycles. The predicted octanol–water partition coefficient (Wildman–Crippen LogP) is 3.50. The number of hydrogen-bond donors (Lipinski definition) is 0. The highest BCUT2D eigenvalue weighted by molar-refractivity contribution is 7.13. The molecular weight excluding hydrogens is 284 g/mol. The average Bonchev–Trinajstić information content (AvgIpc) is 2.75. The zero-order chi connectivity index (χ0) is 14.7. The van der Waals surface area contributed by atoms with Crippen LogP contribution in [0.2, 0.25) is 0 Å². The minimum absolute atomic E-state index is 0.300. The number of carbonyl (C=O) groups excluding carboxylic acids is 1. The number of esters is 1. The van der Waals surface area contributed by atoms with E-state index in [1.165, 1.54) is 17.4 Å². The van der Waals surface area contributed by atoms with Gasteiger partial charge in [0.25, 0.3) is 0 Å². The van der Waals surface area contributed by atoms with Crippen molar-refractivity contribution in [1.29, 1.82) is 0 Å². The summed E-state index contributed by atoms with van der Waals surface area (Å²) in [6.07, 6.45) is 0.349. The second-order valence-electron chi connectivity index (χ2n) is 4.17. The van der Waals surface area contributed by atoms with Gasteiger partial charge >= 0.3 is 5.97 Å². The van der Waals surface area contributed by atoms with Crippen molar-refractivity contribution in [3.05, 3.63) is 51.0 Å². The van der Waals surface area contributed by atoms with E-state index in [4.69, 9.17) is 4.74 Å². The van der Waals surface area contributed by atoms with E-state index in [1.807, 2.05) is 0 Å². The van der Waals surface area contributed by atoms with Crippen molar-refractivity contribution in [1.82, 2.24) is 4.98 Å². The molecule has 1 heterocycles. The standard InChI is InChI=1S/C14H13F2NO2S/c1-3-19-14(18)13-8(2)17-12(20-13)7-9-4-5-10(15)11(16)6-9/h4-6H,3,7H2,1-2H3. The first kappa shape index (κ1) is 14.6. The van der Waals surface area contributed by atoms with Gasteiger partial charge < -0.3 is 4.74 Å². The lowest BCUT2D eigenvalue weighted by Gasteiger charge is -1.99. The number of thiazole rings is 1. The Bertz CT molecular complexity index is 640. The van der Waals surface area contributed by atoms with Crippen LogP contribution in [-0.4, -0.2) is 17.6 Å². The van der Waals surface area contributed by atoms with Crippen LogP contribution >= 0.6 is 11.3 Å². The summed E-state index contributed by atoms with van der Waals surface area (Å²) in [7, 11) is 0. The first-order valence-corrected chi connectivity index (χ1v) is 6.90. The van der Waals surface area contributed by atoms with E-state index in [0.717, 1.165) is 12.1 Å². The van der Waals surface area contributed by atoms with E-state index in [0.29, 0.717) is 34.2 Å². The zero-order valence-electron chi connectivity index (χ0n) is 11.1. The summed E-state index contributed by atoms with van der Waals surface area (Å²) in [4.78, 5) is 16.4. The quantitative estimate of drug-likeness (QED) is 0.811. The summed E-state index contributed by atoms with van der Waals surface area (Å²) >= 11 is 1.21. The maximum atomic E-state index is 13.1. The molecule has 2 aromatic rings. The molecule has 0 saturated carbocycles. The van der Waals surface area contributed by atoms with Gasteiger partial charge in [-0.25, -0.2) is 18.6 Å². The number of aromatic nitrogens is 1. The summed E-state index contributed by atoms with van der Waals surface area (Å²) in [5, 5.41) is 0.663. The lowest BCUT2D eigenvalue weighted by atomic mass is 10.1. The molecule has 3 nitrogen and oxygen atoms in total. The van der Waals surface area contributed by atoms with Gasteiger partial charge in [0.2, 0.25) is 0 Å². The number of halogens is 2. The number of ether oxygens (including phenoxy) is 1. The topological polar surface area (TPSA) is 39.2 Å². The molecule has 20 heavy (non-hydrogen) atoms. The molecule has 2 rings (SSSR count). The summed E-state index contributed by atoms with van der Waals surface area (Å²) in [6.45, 7) is 3.75. The third-order valence-corrected chi connectivity index (χ3v) is 3.78. The van der Waals surface area contributed by atoms with Crippen LogP contribution in [0.3, 0.4) is 0 Å². The van der Waals surface area contributed by atoms with Crippen LogP contribution < -0.4 is 0 Å². The molecule has 0 radical (unpaired) electrons. The largest absolute Gasteiger partial charge is 0.462 e. The minimum Gasteiger partial charge on any atom is -0.462 e. The molecule has 1 aromatic heterocycles. The molecule has 0 atom stereocenters. The number of aryl methyl sites for hydroxylation is 1. The van der Waals surface area contributed by atoms with Crippen LogP contribution in [-0.2, 0) is 11.2 Å². The number of carbonyl (C=O) groups is 1. The van der Waals surface area contributed by atoms with E-state index in [1.54, 1.807) is 13.8 Å². The molecule has 0 unspecified atom stereocenters. The molecule has 0 amide bonds. The van der Waals surface area contributed by atoms with Crippen LogP contribution in [0.1, 0.15) is 32.9 Å². The molecule has 0 aliphatic rings. The van der Waals surface area contributed by atoms with Gasteiger partial charge in [-0.2, -0.15) is 0 Å². The fourth-order valence-electron chi connectivity index (χ4n) is 1.74. The van der Waals surface area contributed by atoms with Crippen LogP contribution in [0.15, 0.2) is 18.2 Å². The van der Waals surface area contributed by atoms with Crippen molar-refractivity contribution in [3.8, 4) is 0 Å². The van der Waals surface area contributed by atoms with Crippen molar-refractivity contribution < 1.29 is 18.3 Å². The Balaban J connectivity index is 2.20. The third kappa shape index (κ3) is 3.19. The van der Waals surface area contributed by atoms with Crippen LogP contribution in [0.25, 0.3) is 0 Å². The van der Waals surface area contributed by atoms with Gasteiger partial charge in [0.05, 0.1) is 17.3 Å². The van der Waals surface area contributed by atoms with E-state index in [9.17, 15) is 13.6 Å². The second kappa shape index (κ2) is 6.09. The molecule has 0 aliphatic carbocycles. The Hall–Kier alpha value is -1.82. The Morgan fingerprint density at radius 3 is 2.75 bits per heavy atom. The van der Waals surface area contributed by atoms with Gasteiger partial charge in [0.15, 0.2) is 11.6 Å². The second-order valence-corrected chi connectivity index (χ2v) is 5.25. The molecular formula is C14H13F2NO2S. The van der Waals surface area contributed by atoms with Crippen molar-refractivity contribution in [2.45, 2.75) is 20.3 Å². The highest BCUT2D eigenvalue weighted by Gasteiger charge is 2.16. The summed E-state index contributed by atoms with van der Waals surface area (Å²) in [5.74, 6) is -2.17. The monoisotopic (exact) mass is 297 g/mol. The maximum Gasteiger partial charge on any atom is 0.350 e. The van der Waals surface area contributed by atoms with Crippen molar-refractivity contribution in [2.75, 3.05) is 6.61 Å². The number of benzene rings is 1. The van der Waals surface area contributed by atoms with Crippen LogP contribution in [0.4, 0.5) is 8.78 Å². The van der Waals surface area contributed by atoms with E-state index >= 15 is 0 Å². The van der Waals surface area contributed by atoms with Crippen molar-refractivity contribution in [3.63, 3.8) is 0 Å². The highest BCUT2D eigenvalue weighted by atomic mass is 32.1. The Morgan fingerprint density at radius 2 is 2.10 bits per heavy atom. The molecule has 0 bridgehead atoms. The van der Waals surface area contributed by atoms with Gasteiger partial charge in [-0.1, -0.05) is 6.07 Å². The fourth-order valence-corrected chi connectivity index (χ4v) is 2.73. The summed E-state index contributed by atoms with van der Waals surface area (Å²) < 4.78 is 30.9. The number of rotatable bonds is 4. The molecule has 0 spiro atoms. The summed E-state index contributed by atoms with van der Waals surface area (Å²) in [5.41, 5.74) is 1.19. The van der Waals surface area contributed by atoms with Crippen molar-refractivity contribution >= 4 is 17.3 Å². The Labute approximate surface area is 119 Å².